The molecule has 122 valence electrons. The van der Waals surface area contributed by atoms with E-state index in [-0.39, 0.29) is 11.5 Å². The molecule has 1 N–H and O–H groups in total. The number of hydrogen-bond acceptors (Lipinski definition) is 3. The molecule has 1 aromatic rings. The van der Waals surface area contributed by atoms with E-state index in [1.54, 1.807) is 0 Å². The summed E-state index contributed by atoms with van der Waals surface area (Å²) >= 11 is 0. The lowest BCUT2D eigenvalue weighted by molar-refractivity contribution is -0.143. The first-order chi connectivity index (χ1) is 10.1. The molecule has 0 aromatic heterocycles. The molecule has 4 nitrogen and oxygen atoms in total. The highest BCUT2D eigenvalue weighted by molar-refractivity contribution is 5.96. The molecule has 0 saturated heterocycles. The van der Waals surface area contributed by atoms with Crippen LogP contribution in [0.1, 0.15) is 36.2 Å². The van der Waals surface area contributed by atoms with Crippen LogP contribution < -0.4 is 5.32 Å². The van der Waals surface area contributed by atoms with Gasteiger partial charge in [-0.1, -0.05) is 13.8 Å². The number of esters is 1. The molecule has 0 aliphatic heterocycles. The van der Waals surface area contributed by atoms with Crippen LogP contribution in [0.15, 0.2) is 24.3 Å². The molecule has 1 rings (SSSR count). The molecule has 7 heteroatoms. The molecule has 0 aliphatic carbocycles. The lowest BCUT2D eigenvalue weighted by atomic mass is 10.0. The number of carbonyl (C=O) groups excluding carboxylic acids is 2. The largest absolute Gasteiger partial charge is 0.467 e. The molecule has 0 fully saturated rings. The first-order valence-corrected chi connectivity index (χ1v) is 6.71. The van der Waals surface area contributed by atoms with Crippen molar-refractivity contribution in [3.8, 4) is 0 Å². The van der Waals surface area contributed by atoms with Crippen molar-refractivity contribution < 1.29 is 27.5 Å². The van der Waals surface area contributed by atoms with Gasteiger partial charge in [-0.2, -0.15) is 13.2 Å². The molecule has 0 bridgehead atoms. The van der Waals surface area contributed by atoms with Crippen molar-refractivity contribution in [1.29, 1.82) is 0 Å². The molecule has 0 saturated carbocycles. The second-order valence-corrected chi connectivity index (χ2v) is 5.25. The third kappa shape index (κ3) is 5.05. The molecular weight excluding hydrogens is 299 g/mol. The quantitative estimate of drug-likeness (QED) is 0.849. The maximum absolute atomic E-state index is 12.5. The van der Waals surface area contributed by atoms with Crippen molar-refractivity contribution in [1.82, 2.24) is 5.32 Å². The predicted molar refractivity (Wildman–Crippen MR) is 74.2 cm³/mol. The Morgan fingerprint density at radius 3 is 2.14 bits per heavy atom. The number of methoxy groups -OCH3 is 1. The van der Waals surface area contributed by atoms with E-state index < -0.39 is 29.7 Å². The number of amides is 1. The third-order valence-corrected chi connectivity index (χ3v) is 2.97. The fourth-order valence-corrected chi connectivity index (χ4v) is 1.88. The van der Waals surface area contributed by atoms with Gasteiger partial charge in [-0.05, 0) is 36.6 Å². The van der Waals surface area contributed by atoms with E-state index in [9.17, 15) is 22.8 Å². The second-order valence-electron chi connectivity index (χ2n) is 5.25. The summed E-state index contributed by atoms with van der Waals surface area (Å²) in [7, 11) is 1.21. The zero-order valence-corrected chi connectivity index (χ0v) is 12.5. The van der Waals surface area contributed by atoms with Gasteiger partial charge in [-0.15, -0.1) is 0 Å². The molecule has 1 amide bonds. The van der Waals surface area contributed by atoms with Crippen LogP contribution in [0.4, 0.5) is 13.2 Å². The summed E-state index contributed by atoms with van der Waals surface area (Å²) in [4.78, 5) is 23.6. The topological polar surface area (TPSA) is 55.4 Å². The van der Waals surface area contributed by atoms with Gasteiger partial charge in [0, 0.05) is 5.56 Å². The van der Waals surface area contributed by atoms with E-state index in [0.29, 0.717) is 6.42 Å². The van der Waals surface area contributed by atoms with Gasteiger partial charge < -0.3 is 10.1 Å². The molecule has 0 radical (unpaired) electrons. The van der Waals surface area contributed by atoms with Crippen molar-refractivity contribution in [3.05, 3.63) is 35.4 Å². The van der Waals surface area contributed by atoms with Gasteiger partial charge in [0.05, 0.1) is 12.7 Å². The molecule has 1 aromatic carbocycles. The predicted octanol–water partition coefficient (Wildman–Crippen LogP) is 3.02. The normalized spacial score (nSPS) is 12.9. The zero-order valence-electron chi connectivity index (χ0n) is 12.5. The zero-order chi connectivity index (χ0) is 16.9. The summed E-state index contributed by atoms with van der Waals surface area (Å²) in [6, 6.07) is 2.96. The van der Waals surface area contributed by atoms with Crippen molar-refractivity contribution in [3.63, 3.8) is 0 Å². The molecule has 22 heavy (non-hydrogen) atoms. The Kier molecular flexibility index (Phi) is 5.96. The van der Waals surface area contributed by atoms with Gasteiger partial charge in [0.2, 0.25) is 0 Å². The number of nitrogens with one attached hydrogen (secondary N) is 1. The summed E-state index contributed by atoms with van der Waals surface area (Å²) in [5.41, 5.74) is -0.790. The highest BCUT2D eigenvalue weighted by Crippen LogP contribution is 2.29. The minimum absolute atomic E-state index is 0.0469. The average Bonchev–Trinajstić information content (AvgIpc) is 2.44. The first kappa shape index (κ1) is 18.0. The summed E-state index contributed by atoms with van der Waals surface area (Å²) < 4.78 is 42.0. The Bertz CT molecular complexity index is 524. The van der Waals surface area contributed by atoms with E-state index in [2.05, 4.69) is 10.1 Å². The van der Waals surface area contributed by atoms with E-state index in [1.807, 2.05) is 13.8 Å². The van der Waals surface area contributed by atoms with Crippen LogP contribution in [-0.2, 0) is 15.7 Å². The van der Waals surface area contributed by atoms with Crippen molar-refractivity contribution in [2.45, 2.75) is 32.5 Å². The van der Waals surface area contributed by atoms with Crippen LogP contribution >= 0.6 is 0 Å². The highest BCUT2D eigenvalue weighted by atomic mass is 19.4. The van der Waals surface area contributed by atoms with Crippen LogP contribution in [0.2, 0.25) is 0 Å². The number of carbonyl (C=O) groups is 2. The van der Waals surface area contributed by atoms with Crippen LogP contribution in [0.25, 0.3) is 0 Å². The van der Waals surface area contributed by atoms with Gasteiger partial charge in [-0.3, -0.25) is 4.79 Å². The van der Waals surface area contributed by atoms with Gasteiger partial charge >= 0.3 is 12.1 Å². The Balaban J connectivity index is 2.83. The van der Waals surface area contributed by atoms with Crippen LogP contribution in [0, 0.1) is 5.92 Å². The Hall–Kier alpha value is -2.05. The standard InChI is InChI=1S/C15H18F3NO3/c1-9(2)8-12(14(21)22-3)19-13(20)10-4-6-11(7-5-10)15(16,17)18/h4-7,9,12H,8H2,1-3H3,(H,19,20). The number of benzene rings is 1. The monoisotopic (exact) mass is 317 g/mol. The number of rotatable bonds is 5. The SMILES string of the molecule is COC(=O)C(CC(C)C)NC(=O)c1ccc(C(F)(F)F)cc1. The highest BCUT2D eigenvalue weighted by Gasteiger charge is 2.30. The molecule has 1 unspecified atom stereocenters. The van der Waals surface area contributed by atoms with E-state index in [0.717, 1.165) is 24.3 Å². The Labute approximate surface area is 126 Å². The van der Waals surface area contributed by atoms with Crippen LogP contribution in [-0.4, -0.2) is 25.0 Å². The Morgan fingerprint density at radius 2 is 1.73 bits per heavy atom. The smallest absolute Gasteiger partial charge is 0.416 e. The molecular formula is C15H18F3NO3. The van der Waals surface area contributed by atoms with Gasteiger partial charge in [0.25, 0.3) is 5.91 Å². The van der Waals surface area contributed by atoms with E-state index in [1.165, 1.54) is 7.11 Å². The molecule has 0 aliphatic rings. The van der Waals surface area contributed by atoms with E-state index in [4.69, 9.17) is 0 Å². The van der Waals surface area contributed by atoms with Crippen molar-refractivity contribution in [2.24, 2.45) is 5.92 Å². The summed E-state index contributed by atoms with van der Waals surface area (Å²) in [5, 5.41) is 2.48. The maximum Gasteiger partial charge on any atom is 0.416 e. The van der Waals surface area contributed by atoms with E-state index >= 15 is 0 Å². The lowest BCUT2D eigenvalue weighted by Gasteiger charge is -2.18. The summed E-state index contributed by atoms with van der Waals surface area (Å²) in [6.45, 7) is 3.75. The van der Waals surface area contributed by atoms with Crippen LogP contribution in [0.3, 0.4) is 0 Å². The lowest BCUT2D eigenvalue weighted by Crippen LogP contribution is -2.42. The Morgan fingerprint density at radius 1 is 1.18 bits per heavy atom. The minimum Gasteiger partial charge on any atom is -0.467 e. The van der Waals surface area contributed by atoms with Crippen LogP contribution in [0.5, 0.6) is 0 Å². The minimum atomic E-state index is -4.46. The number of hydrogen-bond donors (Lipinski definition) is 1. The van der Waals surface area contributed by atoms with Gasteiger partial charge in [0.15, 0.2) is 0 Å². The second kappa shape index (κ2) is 7.29. The molecule has 1 atom stereocenters. The number of alkyl halides is 3. The number of ether oxygens (including phenoxy) is 1. The fraction of sp³-hybridized carbons (Fsp3) is 0.467. The fourth-order valence-electron chi connectivity index (χ4n) is 1.88. The molecule has 0 heterocycles. The first-order valence-electron chi connectivity index (χ1n) is 6.71. The molecule has 0 spiro atoms. The van der Waals surface area contributed by atoms with Gasteiger partial charge in [0.1, 0.15) is 6.04 Å². The third-order valence-electron chi connectivity index (χ3n) is 2.97. The van der Waals surface area contributed by atoms with Gasteiger partial charge in [-0.25, -0.2) is 4.79 Å². The number of halogens is 3. The average molecular weight is 317 g/mol. The summed E-state index contributed by atoms with van der Waals surface area (Å²) in [6.07, 6.45) is -4.08. The summed E-state index contributed by atoms with van der Waals surface area (Å²) in [5.74, 6) is -1.07. The van der Waals surface area contributed by atoms with Crippen molar-refractivity contribution in [2.75, 3.05) is 7.11 Å². The van der Waals surface area contributed by atoms with Crippen molar-refractivity contribution >= 4 is 11.9 Å². The maximum atomic E-state index is 12.5.